The van der Waals surface area contributed by atoms with Crippen LogP contribution in [0.4, 0.5) is 11.4 Å². The number of rotatable bonds is 5. The molecule has 0 aliphatic carbocycles. The van der Waals surface area contributed by atoms with E-state index in [0.29, 0.717) is 13.2 Å². The van der Waals surface area contributed by atoms with Crippen LogP contribution >= 0.6 is 0 Å². The fourth-order valence-corrected chi connectivity index (χ4v) is 2.10. The summed E-state index contributed by atoms with van der Waals surface area (Å²) in [4.78, 5) is 6.42. The first-order valence-corrected chi connectivity index (χ1v) is 6.49. The Hall–Kier alpha value is -1.33. The highest BCUT2D eigenvalue weighted by Crippen LogP contribution is 2.21. The molecule has 1 aromatic rings. The second-order valence-corrected chi connectivity index (χ2v) is 4.46. The molecule has 0 radical (unpaired) electrons. The van der Waals surface area contributed by atoms with Crippen molar-refractivity contribution in [1.29, 1.82) is 0 Å². The molecule has 0 aromatic carbocycles. The molecule has 0 spiro atoms. The van der Waals surface area contributed by atoms with Crippen LogP contribution in [0.25, 0.3) is 0 Å². The van der Waals surface area contributed by atoms with E-state index in [-0.39, 0.29) is 12.6 Å². The summed E-state index contributed by atoms with van der Waals surface area (Å²) < 4.78 is 5.38. The Morgan fingerprint density at radius 1 is 1.56 bits per heavy atom. The van der Waals surface area contributed by atoms with Gasteiger partial charge in [-0.3, -0.25) is 4.98 Å². The minimum atomic E-state index is 0.0296. The van der Waals surface area contributed by atoms with Crippen LogP contribution in [-0.4, -0.2) is 49.0 Å². The number of hydrogen-bond donors (Lipinski definition) is 2. The first-order valence-electron chi connectivity index (χ1n) is 6.49. The van der Waals surface area contributed by atoms with E-state index >= 15 is 0 Å². The summed E-state index contributed by atoms with van der Waals surface area (Å²) in [5.74, 6) is 0. The number of aliphatic hydroxyl groups excluding tert-OH is 1. The first kappa shape index (κ1) is 13.1. The fourth-order valence-electron chi connectivity index (χ4n) is 2.10. The predicted octanol–water partition coefficient (Wildman–Crippen LogP) is 1.10. The van der Waals surface area contributed by atoms with Crippen LogP contribution in [0.15, 0.2) is 18.5 Å². The van der Waals surface area contributed by atoms with Gasteiger partial charge in [-0.05, 0) is 12.5 Å². The number of morpholine rings is 1. The third-order valence-corrected chi connectivity index (χ3v) is 3.07. The molecule has 0 bridgehead atoms. The minimum Gasteiger partial charge on any atom is -0.394 e. The van der Waals surface area contributed by atoms with Gasteiger partial charge in [0.25, 0.3) is 0 Å². The number of aromatic nitrogens is 1. The second-order valence-electron chi connectivity index (χ2n) is 4.46. The van der Waals surface area contributed by atoms with Crippen molar-refractivity contribution in [2.24, 2.45) is 0 Å². The SMILES string of the molecule is CCCNc1cncc(N2CCOCC2CO)c1. The lowest BCUT2D eigenvalue weighted by molar-refractivity contribution is 0.0727. The Morgan fingerprint density at radius 2 is 2.44 bits per heavy atom. The van der Waals surface area contributed by atoms with Crippen molar-refractivity contribution in [2.45, 2.75) is 19.4 Å². The first-order chi connectivity index (χ1) is 8.85. The average molecular weight is 251 g/mol. The third-order valence-electron chi connectivity index (χ3n) is 3.07. The van der Waals surface area contributed by atoms with Gasteiger partial charge in [-0.15, -0.1) is 0 Å². The molecule has 100 valence electrons. The molecule has 0 amide bonds. The summed E-state index contributed by atoms with van der Waals surface area (Å²) in [5, 5.41) is 12.7. The number of nitrogens with one attached hydrogen (secondary N) is 1. The van der Waals surface area contributed by atoms with E-state index < -0.39 is 0 Å². The quantitative estimate of drug-likeness (QED) is 0.820. The lowest BCUT2D eigenvalue weighted by Crippen LogP contribution is -2.47. The van der Waals surface area contributed by atoms with E-state index in [1.165, 1.54) is 0 Å². The molecule has 1 atom stereocenters. The second kappa shape index (κ2) is 6.56. The molecule has 18 heavy (non-hydrogen) atoms. The van der Waals surface area contributed by atoms with Crippen LogP contribution in [0.2, 0.25) is 0 Å². The van der Waals surface area contributed by atoms with E-state index in [2.05, 4.69) is 28.2 Å². The van der Waals surface area contributed by atoms with Gasteiger partial charge in [0.05, 0.1) is 49.6 Å². The highest BCUT2D eigenvalue weighted by Gasteiger charge is 2.22. The van der Waals surface area contributed by atoms with Gasteiger partial charge in [-0.25, -0.2) is 0 Å². The predicted molar refractivity (Wildman–Crippen MR) is 72.1 cm³/mol. The molecule has 1 aliphatic rings. The van der Waals surface area contributed by atoms with Crippen LogP contribution < -0.4 is 10.2 Å². The van der Waals surface area contributed by atoms with Crippen molar-refractivity contribution < 1.29 is 9.84 Å². The average Bonchev–Trinajstić information content (AvgIpc) is 2.45. The Kier molecular flexibility index (Phi) is 4.78. The number of anilines is 2. The van der Waals surface area contributed by atoms with Crippen molar-refractivity contribution in [2.75, 3.05) is 43.1 Å². The Balaban J connectivity index is 2.10. The van der Waals surface area contributed by atoms with Gasteiger partial charge in [0.15, 0.2) is 0 Å². The van der Waals surface area contributed by atoms with Crippen molar-refractivity contribution in [3.8, 4) is 0 Å². The molecule has 1 fully saturated rings. The highest BCUT2D eigenvalue weighted by atomic mass is 16.5. The molecular weight excluding hydrogens is 230 g/mol. The molecule has 1 saturated heterocycles. The molecule has 5 heteroatoms. The summed E-state index contributed by atoms with van der Waals surface area (Å²) in [6.07, 6.45) is 4.75. The molecule has 5 nitrogen and oxygen atoms in total. The zero-order valence-electron chi connectivity index (χ0n) is 10.8. The zero-order valence-corrected chi connectivity index (χ0v) is 10.8. The highest BCUT2D eigenvalue weighted by molar-refractivity contribution is 5.56. The van der Waals surface area contributed by atoms with E-state index in [1.807, 2.05) is 12.4 Å². The summed E-state index contributed by atoms with van der Waals surface area (Å²) in [7, 11) is 0. The van der Waals surface area contributed by atoms with Gasteiger partial charge in [0.1, 0.15) is 0 Å². The van der Waals surface area contributed by atoms with E-state index in [0.717, 1.165) is 30.9 Å². The summed E-state index contributed by atoms with van der Waals surface area (Å²) in [5.41, 5.74) is 2.07. The lowest BCUT2D eigenvalue weighted by atomic mass is 10.2. The van der Waals surface area contributed by atoms with Gasteiger partial charge < -0.3 is 20.1 Å². The van der Waals surface area contributed by atoms with Gasteiger partial charge in [0, 0.05) is 13.1 Å². The monoisotopic (exact) mass is 251 g/mol. The molecule has 2 heterocycles. The van der Waals surface area contributed by atoms with Crippen LogP contribution in [0.3, 0.4) is 0 Å². The number of nitrogens with zero attached hydrogens (tertiary/aromatic N) is 2. The number of hydrogen-bond acceptors (Lipinski definition) is 5. The number of ether oxygens (including phenoxy) is 1. The topological polar surface area (TPSA) is 57.6 Å². The van der Waals surface area contributed by atoms with Crippen LogP contribution in [0.5, 0.6) is 0 Å². The van der Waals surface area contributed by atoms with Crippen LogP contribution in [0, 0.1) is 0 Å². The van der Waals surface area contributed by atoms with Crippen molar-refractivity contribution in [3.05, 3.63) is 18.5 Å². The maximum Gasteiger partial charge on any atom is 0.0756 e. The van der Waals surface area contributed by atoms with Gasteiger partial charge in [-0.1, -0.05) is 6.92 Å². The molecule has 0 saturated carbocycles. The maximum absolute atomic E-state index is 9.38. The van der Waals surface area contributed by atoms with Gasteiger partial charge in [-0.2, -0.15) is 0 Å². The molecule has 1 aromatic heterocycles. The lowest BCUT2D eigenvalue weighted by Gasteiger charge is -2.36. The van der Waals surface area contributed by atoms with Crippen LogP contribution in [-0.2, 0) is 4.74 Å². The summed E-state index contributed by atoms with van der Waals surface area (Å²) in [6, 6.07) is 2.11. The van der Waals surface area contributed by atoms with Gasteiger partial charge in [0.2, 0.25) is 0 Å². The zero-order chi connectivity index (χ0) is 12.8. The van der Waals surface area contributed by atoms with Gasteiger partial charge >= 0.3 is 0 Å². The molecule has 1 aliphatic heterocycles. The standard InChI is InChI=1S/C13H21N3O2/c1-2-3-15-11-6-12(8-14-7-11)16-4-5-18-10-13(16)9-17/h6-8,13,15,17H,2-5,9-10H2,1H3. The molecule has 2 N–H and O–H groups in total. The van der Waals surface area contributed by atoms with Crippen molar-refractivity contribution >= 4 is 11.4 Å². The van der Waals surface area contributed by atoms with Crippen LogP contribution in [0.1, 0.15) is 13.3 Å². The summed E-state index contributed by atoms with van der Waals surface area (Å²) in [6.45, 7) is 5.24. The maximum atomic E-state index is 9.38. The Labute approximate surface area is 108 Å². The summed E-state index contributed by atoms with van der Waals surface area (Å²) >= 11 is 0. The number of pyridine rings is 1. The Morgan fingerprint density at radius 3 is 3.22 bits per heavy atom. The molecule has 2 rings (SSSR count). The normalized spacial score (nSPS) is 19.9. The molecular formula is C13H21N3O2. The Bertz CT molecular complexity index is 373. The fraction of sp³-hybridized carbons (Fsp3) is 0.615. The largest absolute Gasteiger partial charge is 0.394 e. The third kappa shape index (κ3) is 3.11. The number of aliphatic hydroxyl groups is 1. The van der Waals surface area contributed by atoms with Crippen molar-refractivity contribution in [1.82, 2.24) is 4.98 Å². The van der Waals surface area contributed by atoms with E-state index in [9.17, 15) is 5.11 Å². The molecule has 1 unspecified atom stereocenters. The van der Waals surface area contributed by atoms with Crippen molar-refractivity contribution in [3.63, 3.8) is 0 Å². The smallest absolute Gasteiger partial charge is 0.0756 e. The van der Waals surface area contributed by atoms with E-state index in [1.54, 1.807) is 0 Å². The minimum absolute atomic E-state index is 0.0296. The van der Waals surface area contributed by atoms with E-state index in [4.69, 9.17) is 4.74 Å².